The molecule has 0 aromatic heterocycles. The molecular formula is C29H28N2O5. The molecule has 184 valence electrons. The van der Waals surface area contributed by atoms with Gasteiger partial charge in [-0.3, -0.25) is 24.1 Å². The van der Waals surface area contributed by atoms with Crippen molar-refractivity contribution in [2.75, 3.05) is 4.90 Å². The number of benzene rings is 2. The maximum absolute atomic E-state index is 13.5. The van der Waals surface area contributed by atoms with Gasteiger partial charge in [0.25, 0.3) is 17.7 Å². The van der Waals surface area contributed by atoms with Crippen molar-refractivity contribution in [3.8, 4) is 11.5 Å². The fourth-order valence-electron chi connectivity index (χ4n) is 5.06. The Labute approximate surface area is 210 Å². The van der Waals surface area contributed by atoms with E-state index in [9.17, 15) is 19.2 Å². The van der Waals surface area contributed by atoms with Crippen LogP contribution in [0.4, 0.5) is 5.69 Å². The summed E-state index contributed by atoms with van der Waals surface area (Å²) in [6.45, 7) is 9.44. The zero-order valence-corrected chi connectivity index (χ0v) is 21.0. The van der Waals surface area contributed by atoms with E-state index in [2.05, 4.69) is 13.8 Å². The van der Waals surface area contributed by atoms with Crippen LogP contribution in [0.1, 0.15) is 52.5 Å². The van der Waals surface area contributed by atoms with E-state index in [4.69, 9.17) is 4.74 Å². The van der Waals surface area contributed by atoms with Crippen LogP contribution in [0.5, 0.6) is 11.5 Å². The number of carbonyl (C=O) groups excluding carboxylic acids is 4. The fourth-order valence-corrected chi connectivity index (χ4v) is 5.06. The van der Waals surface area contributed by atoms with E-state index in [1.54, 1.807) is 45.0 Å². The molecule has 5 rings (SSSR count). The molecule has 3 aliphatic rings. The van der Waals surface area contributed by atoms with Crippen LogP contribution in [0.2, 0.25) is 0 Å². The molecule has 0 radical (unpaired) electrons. The highest BCUT2D eigenvalue weighted by Crippen LogP contribution is 2.50. The summed E-state index contributed by atoms with van der Waals surface area (Å²) in [5, 5.41) is 0. The lowest BCUT2D eigenvalue weighted by atomic mass is 9.73. The first-order valence-corrected chi connectivity index (χ1v) is 12.1. The number of rotatable bonds is 5. The molecule has 1 saturated heterocycles. The van der Waals surface area contributed by atoms with Gasteiger partial charge in [-0.25, -0.2) is 4.90 Å². The maximum atomic E-state index is 13.5. The highest BCUT2D eigenvalue weighted by molar-refractivity contribution is 6.33. The van der Waals surface area contributed by atoms with Crippen LogP contribution in [0.3, 0.4) is 0 Å². The third-order valence-electron chi connectivity index (χ3n) is 7.17. The quantitative estimate of drug-likeness (QED) is 0.565. The predicted octanol–water partition coefficient (Wildman–Crippen LogP) is 4.89. The Kier molecular flexibility index (Phi) is 5.47. The molecule has 1 atom stereocenters. The Morgan fingerprint density at radius 1 is 0.806 bits per heavy atom. The number of carbonyl (C=O) groups is 4. The van der Waals surface area contributed by atoms with Gasteiger partial charge in [-0.15, -0.1) is 0 Å². The van der Waals surface area contributed by atoms with Crippen molar-refractivity contribution in [3.63, 3.8) is 0 Å². The second-order valence-electron chi connectivity index (χ2n) is 10.3. The molecule has 0 spiro atoms. The van der Waals surface area contributed by atoms with Gasteiger partial charge < -0.3 is 4.74 Å². The second-order valence-corrected chi connectivity index (χ2v) is 10.3. The first kappa shape index (κ1) is 23.7. The van der Waals surface area contributed by atoms with Gasteiger partial charge in [-0.05, 0) is 81.1 Å². The van der Waals surface area contributed by atoms with E-state index in [0.29, 0.717) is 28.7 Å². The number of fused-ring (bicyclic) bond motifs is 1. The third-order valence-corrected chi connectivity index (χ3v) is 7.17. The van der Waals surface area contributed by atoms with Gasteiger partial charge in [0.15, 0.2) is 0 Å². The lowest BCUT2D eigenvalue weighted by molar-refractivity contribution is -0.139. The Hall–Kier alpha value is -4.00. The molecule has 2 heterocycles. The molecule has 0 saturated carbocycles. The summed E-state index contributed by atoms with van der Waals surface area (Å²) >= 11 is 0. The van der Waals surface area contributed by atoms with E-state index in [0.717, 1.165) is 4.90 Å². The van der Waals surface area contributed by atoms with Crippen LogP contribution in [0.15, 0.2) is 71.3 Å². The standard InChI is InChI=1S/C29H28N2O5/c1-16(2)18-6-10-20(11-7-18)36-21-12-8-19(9-13-21)31-27(34)24-14-22-23(15-29(24,5)28(31)35)26(33)30(17(3)4)25(22)32/h6-14,16-17H,15H2,1-5H3. The molecule has 2 aromatic rings. The normalized spacial score (nSPS) is 21.6. The van der Waals surface area contributed by atoms with Crippen LogP contribution in [0.25, 0.3) is 0 Å². The van der Waals surface area contributed by atoms with Crippen molar-refractivity contribution in [2.45, 2.75) is 53.0 Å². The Morgan fingerprint density at radius 3 is 1.94 bits per heavy atom. The van der Waals surface area contributed by atoms with Crippen molar-refractivity contribution in [1.82, 2.24) is 4.90 Å². The number of anilines is 1. The Bertz CT molecular complexity index is 1370. The summed E-state index contributed by atoms with van der Waals surface area (Å²) in [6, 6.07) is 14.3. The first-order valence-electron chi connectivity index (χ1n) is 12.1. The Morgan fingerprint density at radius 2 is 1.39 bits per heavy atom. The molecule has 0 bridgehead atoms. The summed E-state index contributed by atoms with van der Waals surface area (Å²) in [4.78, 5) is 55.0. The predicted molar refractivity (Wildman–Crippen MR) is 134 cm³/mol. The van der Waals surface area contributed by atoms with E-state index in [-0.39, 0.29) is 29.5 Å². The Balaban J connectivity index is 1.39. The SMILES string of the molecule is CC(C)c1ccc(Oc2ccc(N3C(=O)C4=CC5=C(CC4(C)C3=O)C(=O)N(C(C)C)C5=O)cc2)cc1. The van der Waals surface area contributed by atoms with Crippen molar-refractivity contribution in [3.05, 3.63) is 76.9 Å². The minimum absolute atomic E-state index is 0.0244. The fraction of sp³-hybridized carbons (Fsp3) is 0.310. The summed E-state index contributed by atoms with van der Waals surface area (Å²) in [7, 11) is 0. The van der Waals surface area contributed by atoms with Gasteiger partial charge in [0.1, 0.15) is 11.5 Å². The summed E-state index contributed by atoms with van der Waals surface area (Å²) < 4.78 is 5.92. The topological polar surface area (TPSA) is 84.0 Å². The largest absolute Gasteiger partial charge is 0.457 e. The third kappa shape index (κ3) is 3.49. The van der Waals surface area contributed by atoms with E-state index >= 15 is 0 Å². The molecule has 7 heteroatoms. The van der Waals surface area contributed by atoms with E-state index < -0.39 is 23.1 Å². The number of hydrogen-bond donors (Lipinski definition) is 0. The van der Waals surface area contributed by atoms with Crippen LogP contribution >= 0.6 is 0 Å². The van der Waals surface area contributed by atoms with Gasteiger partial charge in [-0.1, -0.05) is 26.0 Å². The molecule has 1 aliphatic carbocycles. The molecule has 7 nitrogen and oxygen atoms in total. The summed E-state index contributed by atoms with van der Waals surface area (Å²) in [5.41, 5.74) is 1.18. The van der Waals surface area contributed by atoms with Crippen LogP contribution in [0, 0.1) is 5.41 Å². The van der Waals surface area contributed by atoms with Gasteiger partial charge >= 0.3 is 0 Å². The van der Waals surface area contributed by atoms with E-state index in [1.807, 2.05) is 24.3 Å². The summed E-state index contributed by atoms with van der Waals surface area (Å²) in [6.07, 6.45) is 1.47. The highest BCUT2D eigenvalue weighted by atomic mass is 16.5. The average molecular weight is 485 g/mol. The monoisotopic (exact) mass is 484 g/mol. The first-order chi connectivity index (χ1) is 17.0. The molecular weight excluding hydrogens is 456 g/mol. The average Bonchev–Trinajstić information content (AvgIpc) is 3.19. The molecule has 0 N–H and O–H groups in total. The number of ether oxygens (including phenoxy) is 1. The summed E-state index contributed by atoms with van der Waals surface area (Å²) in [5.74, 6) is 0.000438. The number of nitrogens with zero attached hydrogens (tertiary/aromatic N) is 2. The number of amides is 4. The maximum Gasteiger partial charge on any atom is 0.262 e. The van der Waals surface area contributed by atoms with Crippen LogP contribution < -0.4 is 9.64 Å². The molecule has 2 aliphatic heterocycles. The van der Waals surface area contributed by atoms with Gasteiger partial charge in [0.05, 0.1) is 11.1 Å². The minimum Gasteiger partial charge on any atom is -0.457 e. The lowest BCUT2D eigenvalue weighted by Crippen LogP contribution is -2.38. The van der Waals surface area contributed by atoms with Crippen molar-refractivity contribution >= 4 is 29.3 Å². The van der Waals surface area contributed by atoms with Gasteiger partial charge in [0, 0.05) is 22.8 Å². The molecule has 2 aromatic carbocycles. The zero-order chi connectivity index (χ0) is 25.9. The lowest BCUT2D eigenvalue weighted by Gasteiger charge is -2.26. The molecule has 4 amide bonds. The number of imide groups is 2. The van der Waals surface area contributed by atoms with Gasteiger partial charge in [0.2, 0.25) is 5.91 Å². The second kappa shape index (κ2) is 8.29. The minimum atomic E-state index is -1.20. The molecule has 1 unspecified atom stereocenters. The van der Waals surface area contributed by atoms with E-state index in [1.165, 1.54) is 16.5 Å². The van der Waals surface area contributed by atoms with Crippen molar-refractivity contribution in [2.24, 2.45) is 5.41 Å². The van der Waals surface area contributed by atoms with Crippen LogP contribution in [-0.4, -0.2) is 34.6 Å². The zero-order valence-electron chi connectivity index (χ0n) is 21.0. The van der Waals surface area contributed by atoms with Crippen molar-refractivity contribution in [1.29, 1.82) is 0 Å². The van der Waals surface area contributed by atoms with Crippen molar-refractivity contribution < 1.29 is 23.9 Å². The smallest absolute Gasteiger partial charge is 0.262 e. The molecule has 1 fully saturated rings. The highest BCUT2D eigenvalue weighted by Gasteiger charge is 2.58. The van der Waals surface area contributed by atoms with Gasteiger partial charge in [-0.2, -0.15) is 0 Å². The molecule has 36 heavy (non-hydrogen) atoms. The number of hydrogen-bond acceptors (Lipinski definition) is 5. The van der Waals surface area contributed by atoms with Crippen LogP contribution in [-0.2, 0) is 19.2 Å².